The highest BCUT2D eigenvalue weighted by Crippen LogP contribution is 2.37. The molecule has 4 rings (SSSR count). The predicted octanol–water partition coefficient (Wildman–Crippen LogP) is 3.50. The molecule has 0 bridgehead atoms. The van der Waals surface area contributed by atoms with E-state index in [0.29, 0.717) is 13.0 Å². The monoisotopic (exact) mass is 356 g/mol. The van der Waals surface area contributed by atoms with Crippen molar-refractivity contribution in [1.82, 2.24) is 9.88 Å². The van der Waals surface area contributed by atoms with Crippen molar-refractivity contribution in [1.29, 1.82) is 0 Å². The minimum atomic E-state index is -0.117. The minimum Gasteiger partial charge on any atom is -0.486 e. The molecule has 26 heavy (non-hydrogen) atoms. The summed E-state index contributed by atoms with van der Waals surface area (Å²) in [6.07, 6.45) is 13.9. The maximum Gasteiger partial charge on any atom is 0.226 e. The van der Waals surface area contributed by atoms with Gasteiger partial charge in [-0.2, -0.15) is 0 Å². The van der Waals surface area contributed by atoms with Gasteiger partial charge in [0.2, 0.25) is 5.91 Å². The number of hydrogen-bond acceptors (Lipinski definition) is 4. The number of piperidine rings is 1. The molecule has 1 aliphatic carbocycles. The van der Waals surface area contributed by atoms with E-state index < -0.39 is 0 Å². The zero-order valence-electron chi connectivity index (χ0n) is 15.4. The summed E-state index contributed by atoms with van der Waals surface area (Å²) in [6.45, 7) is 2.22. The lowest BCUT2D eigenvalue weighted by Crippen LogP contribution is -2.46. The molecule has 140 valence electrons. The average Bonchev–Trinajstić information content (AvgIpc) is 3.06. The van der Waals surface area contributed by atoms with Gasteiger partial charge >= 0.3 is 0 Å². The van der Waals surface area contributed by atoms with E-state index in [2.05, 4.69) is 11.1 Å². The lowest BCUT2D eigenvalue weighted by atomic mass is 9.87. The van der Waals surface area contributed by atoms with Crippen LogP contribution >= 0.6 is 0 Å². The number of likely N-dealkylation sites (tertiary alicyclic amines) is 1. The summed E-state index contributed by atoms with van der Waals surface area (Å²) in [5.74, 6) is 1.08. The van der Waals surface area contributed by atoms with E-state index >= 15 is 0 Å². The molecule has 0 radical (unpaired) electrons. The number of rotatable bonds is 4. The molecule has 1 aromatic rings. The van der Waals surface area contributed by atoms with Gasteiger partial charge in [0.1, 0.15) is 11.9 Å². The molecule has 2 saturated heterocycles. The quantitative estimate of drug-likeness (QED) is 0.775. The SMILES string of the molecule is O=C(CC1=CCCCC1)N1CCC2(CC1)C[C@@H](Oc1cccnc1)CO2. The van der Waals surface area contributed by atoms with Gasteiger partial charge in [-0.15, -0.1) is 0 Å². The second kappa shape index (κ2) is 7.78. The van der Waals surface area contributed by atoms with Crippen molar-refractivity contribution in [3.8, 4) is 5.75 Å². The van der Waals surface area contributed by atoms with Crippen LogP contribution in [0.25, 0.3) is 0 Å². The highest BCUT2D eigenvalue weighted by atomic mass is 16.6. The van der Waals surface area contributed by atoms with Crippen molar-refractivity contribution >= 4 is 5.91 Å². The van der Waals surface area contributed by atoms with Gasteiger partial charge in [-0.25, -0.2) is 0 Å². The van der Waals surface area contributed by atoms with Gasteiger partial charge in [0.15, 0.2) is 0 Å². The summed E-state index contributed by atoms with van der Waals surface area (Å²) in [7, 11) is 0. The summed E-state index contributed by atoms with van der Waals surface area (Å²) >= 11 is 0. The molecule has 0 unspecified atom stereocenters. The molecular weight excluding hydrogens is 328 g/mol. The van der Waals surface area contributed by atoms with Crippen molar-refractivity contribution in [2.24, 2.45) is 0 Å². The standard InChI is InChI=1S/C21H28N2O3/c24-20(13-17-5-2-1-3-6-17)23-11-8-21(9-12-23)14-19(16-25-21)26-18-7-4-10-22-15-18/h4-5,7,10,15,19H,1-3,6,8-9,11-14,16H2/t19-/m1/s1. The van der Waals surface area contributed by atoms with Gasteiger partial charge in [0.05, 0.1) is 18.4 Å². The predicted molar refractivity (Wildman–Crippen MR) is 98.9 cm³/mol. The molecule has 5 nitrogen and oxygen atoms in total. The van der Waals surface area contributed by atoms with Crippen LogP contribution in [0, 0.1) is 0 Å². The third kappa shape index (κ3) is 4.09. The third-order valence-electron chi connectivity index (χ3n) is 5.90. The van der Waals surface area contributed by atoms with Gasteiger partial charge in [-0.05, 0) is 50.7 Å². The molecule has 1 spiro atoms. The Morgan fingerprint density at radius 1 is 1.35 bits per heavy atom. The zero-order chi connectivity index (χ0) is 17.8. The van der Waals surface area contributed by atoms with Crippen LogP contribution in [0.1, 0.15) is 51.4 Å². The fourth-order valence-electron chi connectivity index (χ4n) is 4.37. The lowest BCUT2D eigenvalue weighted by Gasteiger charge is -2.38. The van der Waals surface area contributed by atoms with Crippen LogP contribution in [0.4, 0.5) is 0 Å². The van der Waals surface area contributed by atoms with Gasteiger partial charge in [0, 0.05) is 32.1 Å². The first kappa shape index (κ1) is 17.5. The smallest absolute Gasteiger partial charge is 0.226 e. The van der Waals surface area contributed by atoms with Crippen molar-refractivity contribution in [3.63, 3.8) is 0 Å². The van der Waals surface area contributed by atoms with E-state index in [9.17, 15) is 4.79 Å². The van der Waals surface area contributed by atoms with Gasteiger partial charge in [-0.1, -0.05) is 11.6 Å². The van der Waals surface area contributed by atoms with E-state index in [0.717, 1.165) is 50.9 Å². The number of carbonyl (C=O) groups is 1. The first-order valence-corrected chi connectivity index (χ1v) is 9.89. The van der Waals surface area contributed by atoms with Gasteiger partial charge in [0.25, 0.3) is 0 Å². The van der Waals surface area contributed by atoms with E-state index in [1.165, 1.54) is 18.4 Å². The molecule has 1 atom stereocenters. The van der Waals surface area contributed by atoms with Crippen LogP contribution in [0.15, 0.2) is 36.2 Å². The maximum absolute atomic E-state index is 12.6. The second-order valence-electron chi connectivity index (χ2n) is 7.79. The van der Waals surface area contributed by atoms with Crippen LogP contribution in [-0.2, 0) is 9.53 Å². The number of allylic oxidation sites excluding steroid dienone is 1. The molecule has 0 N–H and O–H groups in total. The fraction of sp³-hybridized carbons (Fsp3) is 0.619. The van der Waals surface area contributed by atoms with E-state index in [1.807, 2.05) is 17.0 Å². The highest BCUT2D eigenvalue weighted by molar-refractivity contribution is 5.78. The first-order chi connectivity index (χ1) is 12.7. The number of ether oxygens (including phenoxy) is 2. The zero-order valence-corrected chi connectivity index (χ0v) is 15.4. The first-order valence-electron chi connectivity index (χ1n) is 9.89. The van der Waals surface area contributed by atoms with Crippen molar-refractivity contribution in [2.75, 3.05) is 19.7 Å². The normalized spacial score (nSPS) is 25.2. The molecule has 0 aromatic carbocycles. The topological polar surface area (TPSA) is 51.7 Å². The molecule has 1 amide bonds. The van der Waals surface area contributed by atoms with Crippen LogP contribution in [0.2, 0.25) is 0 Å². The molecular formula is C21H28N2O3. The summed E-state index contributed by atoms with van der Waals surface area (Å²) < 4.78 is 12.2. The Morgan fingerprint density at radius 3 is 2.96 bits per heavy atom. The Bertz CT molecular complexity index is 650. The molecule has 1 aromatic heterocycles. The van der Waals surface area contributed by atoms with Crippen molar-refractivity contribution < 1.29 is 14.3 Å². The number of pyridine rings is 1. The van der Waals surface area contributed by atoms with E-state index in [-0.39, 0.29) is 17.6 Å². The Balaban J connectivity index is 1.26. The second-order valence-corrected chi connectivity index (χ2v) is 7.79. The molecule has 2 aliphatic heterocycles. The molecule has 0 saturated carbocycles. The Kier molecular flexibility index (Phi) is 5.25. The van der Waals surface area contributed by atoms with Crippen LogP contribution < -0.4 is 4.74 Å². The van der Waals surface area contributed by atoms with E-state index in [4.69, 9.17) is 9.47 Å². The summed E-state index contributed by atoms with van der Waals surface area (Å²) in [4.78, 5) is 18.7. The summed E-state index contributed by atoms with van der Waals surface area (Å²) in [5, 5.41) is 0. The fourth-order valence-corrected chi connectivity index (χ4v) is 4.37. The van der Waals surface area contributed by atoms with Crippen molar-refractivity contribution in [2.45, 2.75) is 63.1 Å². The van der Waals surface area contributed by atoms with Gasteiger partial charge in [-0.3, -0.25) is 9.78 Å². The molecule has 5 heteroatoms. The minimum absolute atomic E-state index is 0.0776. The number of aromatic nitrogens is 1. The average molecular weight is 356 g/mol. The summed E-state index contributed by atoms with van der Waals surface area (Å²) in [6, 6.07) is 3.81. The Hall–Kier alpha value is -1.88. The number of amides is 1. The Labute approximate surface area is 155 Å². The van der Waals surface area contributed by atoms with E-state index in [1.54, 1.807) is 12.4 Å². The van der Waals surface area contributed by atoms with Crippen molar-refractivity contribution in [3.05, 3.63) is 36.2 Å². The summed E-state index contributed by atoms with van der Waals surface area (Å²) in [5.41, 5.74) is 1.22. The molecule has 3 heterocycles. The van der Waals surface area contributed by atoms with Crippen LogP contribution in [0.5, 0.6) is 5.75 Å². The number of nitrogens with zero attached hydrogens (tertiary/aromatic N) is 2. The van der Waals surface area contributed by atoms with Crippen LogP contribution in [0.3, 0.4) is 0 Å². The van der Waals surface area contributed by atoms with Gasteiger partial charge < -0.3 is 14.4 Å². The van der Waals surface area contributed by atoms with Crippen LogP contribution in [-0.4, -0.2) is 47.2 Å². The largest absolute Gasteiger partial charge is 0.486 e. The lowest BCUT2D eigenvalue weighted by molar-refractivity contribution is -0.135. The Morgan fingerprint density at radius 2 is 2.23 bits per heavy atom. The number of hydrogen-bond donors (Lipinski definition) is 0. The number of carbonyl (C=O) groups excluding carboxylic acids is 1. The molecule has 3 aliphatic rings. The highest BCUT2D eigenvalue weighted by Gasteiger charge is 2.44. The third-order valence-corrected chi connectivity index (χ3v) is 5.90. The molecule has 2 fully saturated rings. The maximum atomic E-state index is 12.6.